The molecule has 0 saturated carbocycles. The lowest BCUT2D eigenvalue weighted by Crippen LogP contribution is -2.10. The van der Waals surface area contributed by atoms with Crippen molar-refractivity contribution in [1.29, 1.82) is 0 Å². The number of benzene rings is 2. The van der Waals surface area contributed by atoms with Crippen LogP contribution in [0.25, 0.3) is 16.9 Å². The van der Waals surface area contributed by atoms with Crippen LogP contribution in [-0.4, -0.2) is 32.5 Å². The molecule has 0 aliphatic rings. The van der Waals surface area contributed by atoms with Crippen LogP contribution in [0.3, 0.4) is 0 Å². The minimum Gasteiger partial charge on any atom is -0.396 e. The monoisotopic (exact) mass is 400 g/mol. The quantitative estimate of drug-likeness (QED) is 0.339. The Morgan fingerprint density at radius 3 is 2.67 bits per heavy atom. The molecule has 4 N–H and O–H groups in total. The Kier molecular flexibility index (Phi) is 5.45. The van der Waals surface area contributed by atoms with E-state index in [2.05, 4.69) is 15.5 Å². The number of aromatic nitrogens is 3. The fourth-order valence-electron chi connectivity index (χ4n) is 3.44. The molecule has 0 atom stereocenters. The van der Waals surface area contributed by atoms with Crippen LogP contribution in [-0.2, 0) is 6.42 Å². The second kappa shape index (κ2) is 8.34. The SMILES string of the molecule is Cc1cccc(C=NNc2nc3c(N)c(-c4ccccc4)nn3c(CCO)c2C)c1. The van der Waals surface area contributed by atoms with E-state index in [1.165, 1.54) is 5.56 Å². The number of aliphatic hydroxyl groups is 1. The molecule has 0 unspecified atom stereocenters. The van der Waals surface area contributed by atoms with Gasteiger partial charge in [-0.05, 0) is 19.4 Å². The van der Waals surface area contributed by atoms with Crippen molar-refractivity contribution in [1.82, 2.24) is 14.6 Å². The first-order valence-electron chi connectivity index (χ1n) is 9.78. The average Bonchev–Trinajstić information content (AvgIpc) is 3.08. The fourth-order valence-corrected chi connectivity index (χ4v) is 3.44. The molecule has 0 saturated heterocycles. The van der Waals surface area contributed by atoms with E-state index >= 15 is 0 Å². The summed E-state index contributed by atoms with van der Waals surface area (Å²) in [5.74, 6) is 0.584. The Labute approximate surface area is 174 Å². The Morgan fingerprint density at radius 1 is 1.13 bits per heavy atom. The summed E-state index contributed by atoms with van der Waals surface area (Å²) in [7, 11) is 0. The third-order valence-electron chi connectivity index (χ3n) is 4.98. The van der Waals surface area contributed by atoms with Gasteiger partial charge < -0.3 is 10.8 Å². The Balaban J connectivity index is 1.77. The number of nitrogens with zero attached hydrogens (tertiary/aromatic N) is 4. The number of rotatable bonds is 6. The summed E-state index contributed by atoms with van der Waals surface area (Å²) in [4.78, 5) is 4.68. The van der Waals surface area contributed by atoms with E-state index in [0.717, 1.165) is 22.4 Å². The Morgan fingerprint density at radius 2 is 1.93 bits per heavy atom. The van der Waals surface area contributed by atoms with Gasteiger partial charge in [-0.1, -0.05) is 60.2 Å². The van der Waals surface area contributed by atoms with Gasteiger partial charge in [-0.25, -0.2) is 9.50 Å². The first-order chi connectivity index (χ1) is 14.6. The van der Waals surface area contributed by atoms with E-state index in [0.29, 0.717) is 29.3 Å². The van der Waals surface area contributed by atoms with Gasteiger partial charge in [0.15, 0.2) is 11.5 Å². The van der Waals surface area contributed by atoms with Crippen molar-refractivity contribution < 1.29 is 5.11 Å². The molecule has 0 fully saturated rings. The van der Waals surface area contributed by atoms with Crippen molar-refractivity contribution in [3.8, 4) is 11.3 Å². The largest absolute Gasteiger partial charge is 0.396 e. The van der Waals surface area contributed by atoms with E-state index < -0.39 is 0 Å². The standard InChI is InChI=1S/C23H24N6O/c1-15-7-6-8-17(13-15)14-25-27-22-16(2)19(11-12-30)29-23(26-22)20(24)21(28-29)18-9-4-3-5-10-18/h3-10,13-14,30H,11-12,24H2,1-2H3,(H,26,27). The first-order valence-corrected chi connectivity index (χ1v) is 9.78. The van der Waals surface area contributed by atoms with E-state index in [4.69, 9.17) is 10.8 Å². The zero-order chi connectivity index (χ0) is 21.1. The highest BCUT2D eigenvalue weighted by Gasteiger charge is 2.19. The molecular formula is C23H24N6O. The van der Waals surface area contributed by atoms with Crippen molar-refractivity contribution in [3.63, 3.8) is 0 Å². The predicted octanol–water partition coefficient (Wildman–Crippen LogP) is 3.58. The molecule has 0 aliphatic heterocycles. The number of anilines is 2. The molecule has 7 heteroatoms. The molecule has 2 aromatic heterocycles. The van der Waals surface area contributed by atoms with Gasteiger partial charge in [0.25, 0.3) is 0 Å². The molecular weight excluding hydrogens is 376 g/mol. The van der Waals surface area contributed by atoms with Gasteiger partial charge in [-0.15, -0.1) is 0 Å². The summed E-state index contributed by atoms with van der Waals surface area (Å²) >= 11 is 0. The molecule has 4 rings (SSSR count). The van der Waals surface area contributed by atoms with Gasteiger partial charge in [0.2, 0.25) is 0 Å². The Bertz CT molecular complexity index is 1210. The van der Waals surface area contributed by atoms with Gasteiger partial charge in [0.05, 0.1) is 11.9 Å². The molecule has 0 bridgehead atoms. The van der Waals surface area contributed by atoms with Gasteiger partial charge in [0, 0.05) is 24.2 Å². The lowest BCUT2D eigenvalue weighted by molar-refractivity contribution is 0.297. The summed E-state index contributed by atoms with van der Waals surface area (Å²) in [5.41, 5.74) is 15.9. The van der Waals surface area contributed by atoms with E-state index in [9.17, 15) is 5.11 Å². The average molecular weight is 400 g/mol. The van der Waals surface area contributed by atoms with Crippen LogP contribution in [0.1, 0.15) is 22.4 Å². The van der Waals surface area contributed by atoms with Gasteiger partial charge in [-0.2, -0.15) is 10.2 Å². The third kappa shape index (κ3) is 3.75. The maximum atomic E-state index is 9.60. The van der Waals surface area contributed by atoms with Crippen LogP contribution in [0.5, 0.6) is 0 Å². The number of fused-ring (bicyclic) bond motifs is 1. The highest BCUT2D eigenvalue weighted by atomic mass is 16.3. The molecule has 152 valence electrons. The van der Waals surface area contributed by atoms with Crippen LogP contribution in [0.4, 0.5) is 11.5 Å². The predicted molar refractivity (Wildman–Crippen MR) is 121 cm³/mol. The number of nitrogens with two attached hydrogens (primary N) is 1. The highest BCUT2D eigenvalue weighted by Crippen LogP contribution is 2.30. The summed E-state index contributed by atoms with van der Waals surface area (Å²) in [6, 6.07) is 17.8. The van der Waals surface area contributed by atoms with Crippen molar-refractivity contribution in [2.75, 3.05) is 17.8 Å². The van der Waals surface area contributed by atoms with Gasteiger partial charge >= 0.3 is 0 Å². The molecule has 4 aromatic rings. The lowest BCUT2D eigenvalue weighted by atomic mass is 10.1. The van der Waals surface area contributed by atoms with E-state index in [-0.39, 0.29) is 6.61 Å². The number of hydrogen-bond donors (Lipinski definition) is 3. The number of nitrogen functional groups attached to an aromatic ring is 1. The molecule has 2 heterocycles. The van der Waals surface area contributed by atoms with Crippen LogP contribution in [0.2, 0.25) is 0 Å². The molecule has 7 nitrogen and oxygen atoms in total. The van der Waals surface area contributed by atoms with E-state index in [1.807, 2.05) is 68.4 Å². The van der Waals surface area contributed by atoms with Crippen molar-refractivity contribution in [3.05, 3.63) is 77.0 Å². The maximum absolute atomic E-state index is 9.60. The zero-order valence-electron chi connectivity index (χ0n) is 17.0. The normalized spacial score (nSPS) is 11.4. The van der Waals surface area contributed by atoms with Gasteiger partial charge in [0.1, 0.15) is 11.4 Å². The number of aryl methyl sites for hydroxylation is 1. The fraction of sp³-hybridized carbons (Fsp3) is 0.174. The topological polar surface area (TPSA) is 101 Å². The zero-order valence-corrected chi connectivity index (χ0v) is 17.0. The second-order valence-electron chi connectivity index (χ2n) is 7.15. The highest BCUT2D eigenvalue weighted by molar-refractivity contribution is 5.84. The molecule has 0 spiro atoms. The summed E-state index contributed by atoms with van der Waals surface area (Å²) < 4.78 is 1.72. The van der Waals surface area contributed by atoms with Crippen LogP contribution >= 0.6 is 0 Å². The molecule has 30 heavy (non-hydrogen) atoms. The summed E-state index contributed by atoms with van der Waals surface area (Å²) in [5, 5.41) is 18.6. The van der Waals surface area contributed by atoms with Crippen molar-refractivity contribution >= 4 is 23.4 Å². The van der Waals surface area contributed by atoms with Crippen LogP contribution in [0, 0.1) is 13.8 Å². The minimum atomic E-state index is -0.00755. The van der Waals surface area contributed by atoms with E-state index in [1.54, 1.807) is 10.7 Å². The minimum absolute atomic E-state index is 0.00755. The van der Waals surface area contributed by atoms with Crippen LogP contribution < -0.4 is 11.2 Å². The first kappa shape index (κ1) is 19.6. The number of hydrogen-bond acceptors (Lipinski definition) is 6. The van der Waals surface area contributed by atoms with Crippen molar-refractivity contribution in [2.45, 2.75) is 20.3 Å². The Hall–Kier alpha value is -3.71. The van der Waals surface area contributed by atoms with Gasteiger partial charge in [-0.3, -0.25) is 5.43 Å². The summed E-state index contributed by atoms with van der Waals surface area (Å²) in [6.07, 6.45) is 2.18. The summed E-state index contributed by atoms with van der Waals surface area (Å²) in [6.45, 7) is 3.96. The smallest absolute Gasteiger partial charge is 0.181 e. The number of nitrogens with one attached hydrogen (secondary N) is 1. The molecule has 2 aromatic carbocycles. The second-order valence-corrected chi connectivity index (χ2v) is 7.15. The third-order valence-corrected chi connectivity index (χ3v) is 4.98. The maximum Gasteiger partial charge on any atom is 0.181 e. The number of hydrazone groups is 1. The molecule has 0 amide bonds. The lowest BCUT2D eigenvalue weighted by Gasteiger charge is -2.11. The van der Waals surface area contributed by atoms with Crippen LogP contribution in [0.15, 0.2) is 59.7 Å². The molecule has 0 radical (unpaired) electrons. The van der Waals surface area contributed by atoms with Crippen molar-refractivity contribution in [2.24, 2.45) is 5.10 Å². The molecule has 0 aliphatic carbocycles. The number of aliphatic hydroxyl groups excluding tert-OH is 1.